The van der Waals surface area contributed by atoms with Crippen LogP contribution in [-0.2, 0) is 6.54 Å². The van der Waals surface area contributed by atoms with E-state index < -0.39 is 0 Å². The lowest BCUT2D eigenvalue weighted by atomic mass is 10.1. The highest BCUT2D eigenvalue weighted by atomic mass is 16.2. The van der Waals surface area contributed by atoms with Crippen LogP contribution >= 0.6 is 0 Å². The number of benzene rings is 2. The molecule has 3 rings (SSSR count). The van der Waals surface area contributed by atoms with Crippen LogP contribution < -0.4 is 10.6 Å². The zero-order valence-corrected chi connectivity index (χ0v) is 15.3. The molecule has 1 aromatic heterocycles. The molecule has 0 atom stereocenters. The van der Waals surface area contributed by atoms with Gasteiger partial charge in [-0.15, -0.1) is 0 Å². The molecule has 2 amide bonds. The summed E-state index contributed by atoms with van der Waals surface area (Å²) < 4.78 is 0. The number of carbonyl (C=O) groups is 2. The quantitative estimate of drug-likeness (QED) is 0.726. The summed E-state index contributed by atoms with van der Waals surface area (Å²) in [6.07, 6.45) is 1.46. The van der Waals surface area contributed by atoms with Crippen LogP contribution in [0.2, 0.25) is 0 Å². The number of carbonyl (C=O) groups excluding carboxylic acids is 2. The average molecular weight is 359 g/mol. The fraction of sp³-hybridized carbons (Fsp3) is 0.136. The first-order valence-electron chi connectivity index (χ1n) is 8.69. The van der Waals surface area contributed by atoms with Gasteiger partial charge in [0.1, 0.15) is 5.69 Å². The molecule has 1 heterocycles. The highest BCUT2D eigenvalue weighted by Gasteiger charge is 2.12. The van der Waals surface area contributed by atoms with Crippen LogP contribution in [0.1, 0.15) is 37.5 Å². The molecule has 0 radical (unpaired) electrons. The third-order valence-corrected chi connectivity index (χ3v) is 4.10. The topological polar surface area (TPSA) is 71.1 Å². The molecule has 3 aromatic rings. The van der Waals surface area contributed by atoms with Gasteiger partial charge in [0.15, 0.2) is 0 Å². The zero-order valence-electron chi connectivity index (χ0n) is 15.3. The van der Waals surface area contributed by atoms with Crippen molar-refractivity contribution in [1.29, 1.82) is 0 Å². The van der Waals surface area contributed by atoms with E-state index in [9.17, 15) is 9.59 Å². The van der Waals surface area contributed by atoms with E-state index in [-0.39, 0.29) is 17.5 Å². The number of aryl methyl sites for hydroxylation is 2. The first-order valence-corrected chi connectivity index (χ1v) is 8.69. The average Bonchev–Trinajstić information content (AvgIpc) is 2.68. The number of hydrogen-bond acceptors (Lipinski definition) is 3. The molecule has 0 fully saturated rings. The monoisotopic (exact) mass is 359 g/mol. The molecule has 0 saturated heterocycles. The van der Waals surface area contributed by atoms with E-state index in [2.05, 4.69) is 15.6 Å². The van der Waals surface area contributed by atoms with Crippen molar-refractivity contribution in [3.63, 3.8) is 0 Å². The summed E-state index contributed by atoms with van der Waals surface area (Å²) in [6.45, 7) is 4.39. The highest BCUT2D eigenvalue weighted by molar-refractivity contribution is 6.05. The molecule has 136 valence electrons. The highest BCUT2D eigenvalue weighted by Crippen LogP contribution is 2.11. The van der Waals surface area contributed by atoms with Crippen LogP contribution in [0.3, 0.4) is 0 Å². The summed E-state index contributed by atoms with van der Waals surface area (Å²) in [7, 11) is 0. The molecule has 0 aliphatic rings. The molecule has 2 aromatic carbocycles. The second-order valence-corrected chi connectivity index (χ2v) is 6.42. The Kier molecular flexibility index (Phi) is 5.61. The molecular formula is C22H21N3O2. The molecule has 0 spiro atoms. The van der Waals surface area contributed by atoms with E-state index in [1.807, 2.05) is 62.4 Å². The predicted octanol–water partition coefficient (Wildman–Crippen LogP) is 3.88. The first-order chi connectivity index (χ1) is 13.0. The van der Waals surface area contributed by atoms with Gasteiger partial charge in [-0.3, -0.25) is 14.6 Å². The second kappa shape index (κ2) is 8.27. The van der Waals surface area contributed by atoms with Crippen molar-refractivity contribution in [2.24, 2.45) is 0 Å². The molecular weight excluding hydrogens is 338 g/mol. The van der Waals surface area contributed by atoms with E-state index >= 15 is 0 Å². The lowest BCUT2D eigenvalue weighted by Gasteiger charge is -2.08. The van der Waals surface area contributed by atoms with Gasteiger partial charge < -0.3 is 10.6 Å². The van der Waals surface area contributed by atoms with Gasteiger partial charge in [0.05, 0.1) is 0 Å². The number of anilines is 1. The van der Waals surface area contributed by atoms with Crippen LogP contribution in [0.25, 0.3) is 0 Å². The maximum Gasteiger partial charge on any atom is 0.270 e. The number of nitrogens with zero attached hydrogens (tertiary/aromatic N) is 1. The van der Waals surface area contributed by atoms with E-state index in [0.717, 1.165) is 16.7 Å². The SMILES string of the molecule is Cc1ccc(NC(=O)c2ccnc(C(=O)NCc3cccc(C)c3)c2)cc1. The van der Waals surface area contributed by atoms with Gasteiger partial charge in [0.2, 0.25) is 0 Å². The number of rotatable bonds is 5. The Morgan fingerprint density at radius 3 is 2.41 bits per heavy atom. The standard InChI is InChI=1S/C22H21N3O2/c1-15-6-8-19(9-7-15)25-21(26)18-10-11-23-20(13-18)22(27)24-14-17-5-3-4-16(2)12-17/h3-13H,14H2,1-2H3,(H,24,27)(H,25,26). The molecule has 27 heavy (non-hydrogen) atoms. The Labute approximate surface area is 158 Å². The van der Waals surface area contributed by atoms with Crippen molar-refractivity contribution in [2.75, 3.05) is 5.32 Å². The summed E-state index contributed by atoms with van der Waals surface area (Å²) in [5, 5.41) is 5.65. The number of aromatic nitrogens is 1. The molecule has 5 heteroatoms. The van der Waals surface area contributed by atoms with Gasteiger partial charge in [-0.25, -0.2) is 0 Å². The molecule has 5 nitrogen and oxygen atoms in total. The van der Waals surface area contributed by atoms with Crippen molar-refractivity contribution >= 4 is 17.5 Å². The molecule has 0 saturated carbocycles. The first kappa shape index (κ1) is 18.3. The minimum atomic E-state index is -0.318. The van der Waals surface area contributed by atoms with E-state index in [4.69, 9.17) is 0 Å². The third-order valence-electron chi connectivity index (χ3n) is 4.10. The van der Waals surface area contributed by atoms with Gasteiger partial charge in [0.25, 0.3) is 11.8 Å². The smallest absolute Gasteiger partial charge is 0.270 e. The maximum atomic E-state index is 12.4. The van der Waals surface area contributed by atoms with Crippen LogP contribution in [-0.4, -0.2) is 16.8 Å². The van der Waals surface area contributed by atoms with Crippen LogP contribution in [0.15, 0.2) is 66.9 Å². The summed E-state index contributed by atoms with van der Waals surface area (Å²) in [5.74, 6) is -0.601. The Hall–Kier alpha value is -3.47. The number of nitrogens with one attached hydrogen (secondary N) is 2. The van der Waals surface area contributed by atoms with Gasteiger partial charge in [-0.1, -0.05) is 47.5 Å². The zero-order chi connectivity index (χ0) is 19.2. The fourth-order valence-corrected chi connectivity index (χ4v) is 2.63. The lowest BCUT2D eigenvalue weighted by molar-refractivity contribution is 0.0946. The third kappa shape index (κ3) is 5.01. The summed E-state index contributed by atoms with van der Waals surface area (Å²) >= 11 is 0. The minimum Gasteiger partial charge on any atom is -0.347 e. The molecule has 0 bridgehead atoms. The van der Waals surface area contributed by atoms with E-state index in [1.165, 1.54) is 12.3 Å². The van der Waals surface area contributed by atoms with Crippen molar-refractivity contribution in [2.45, 2.75) is 20.4 Å². The minimum absolute atomic E-state index is 0.208. The Bertz CT molecular complexity index is 965. The fourth-order valence-electron chi connectivity index (χ4n) is 2.63. The second-order valence-electron chi connectivity index (χ2n) is 6.42. The van der Waals surface area contributed by atoms with Crippen LogP contribution in [0, 0.1) is 13.8 Å². The Morgan fingerprint density at radius 2 is 1.67 bits per heavy atom. The summed E-state index contributed by atoms with van der Waals surface area (Å²) in [5.41, 5.74) is 4.55. The Balaban J connectivity index is 1.66. The molecule has 0 unspecified atom stereocenters. The summed E-state index contributed by atoms with van der Waals surface area (Å²) in [4.78, 5) is 28.9. The molecule has 0 aliphatic heterocycles. The normalized spacial score (nSPS) is 10.3. The van der Waals surface area contributed by atoms with Gasteiger partial charge in [-0.05, 0) is 43.7 Å². The van der Waals surface area contributed by atoms with Gasteiger partial charge in [-0.2, -0.15) is 0 Å². The number of hydrogen-bond donors (Lipinski definition) is 2. The maximum absolute atomic E-state index is 12.4. The van der Waals surface area contributed by atoms with E-state index in [0.29, 0.717) is 17.8 Å². The van der Waals surface area contributed by atoms with Crippen molar-refractivity contribution < 1.29 is 9.59 Å². The van der Waals surface area contributed by atoms with Crippen molar-refractivity contribution in [3.05, 3.63) is 94.8 Å². The lowest BCUT2D eigenvalue weighted by Crippen LogP contribution is -2.24. The Morgan fingerprint density at radius 1 is 0.889 bits per heavy atom. The summed E-state index contributed by atoms with van der Waals surface area (Å²) in [6, 6.07) is 18.5. The number of amides is 2. The largest absolute Gasteiger partial charge is 0.347 e. The van der Waals surface area contributed by atoms with Crippen molar-refractivity contribution in [3.8, 4) is 0 Å². The van der Waals surface area contributed by atoms with E-state index in [1.54, 1.807) is 6.07 Å². The van der Waals surface area contributed by atoms with Gasteiger partial charge in [0, 0.05) is 24.0 Å². The predicted molar refractivity (Wildman–Crippen MR) is 106 cm³/mol. The molecule has 0 aliphatic carbocycles. The van der Waals surface area contributed by atoms with Crippen molar-refractivity contribution in [1.82, 2.24) is 10.3 Å². The van der Waals surface area contributed by atoms with Crippen LogP contribution in [0.5, 0.6) is 0 Å². The molecule has 2 N–H and O–H groups in total. The number of pyridine rings is 1. The van der Waals surface area contributed by atoms with Crippen LogP contribution in [0.4, 0.5) is 5.69 Å². The van der Waals surface area contributed by atoms with Gasteiger partial charge >= 0.3 is 0 Å².